The maximum Gasteiger partial charge on any atom is 0.341 e. The van der Waals surface area contributed by atoms with Gasteiger partial charge in [-0.05, 0) is 42.5 Å². The van der Waals surface area contributed by atoms with E-state index in [9.17, 15) is 31.2 Å². The van der Waals surface area contributed by atoms with Crippen molar-refractivity contribution in [2.45, 2.75) is 29.4 Å². The van der Waals surface area contributed by atoms with Crippen LogP contribution in [-0.4, -0.2) is 50.1 Å². The molecule has 0 spiro atoms. The minimum atomic E-state index is -3.93. The van der Waals surface area contributed by atoms with Crippen molar-refractivity contribution in [2.24, 2.45) is 0 Å². The lowest BCUT2D eigenvalue weighted by atomic mass is 10.2. The molecule has 0 aliphatic rings. The van der Waals surface area contributed by atoms with Crippen molar-refractivity contribution in [3.63, 3.8) is 0 Å². The minimum absolute atomic E-state index is 0.192. The molecule has 0 radical (unpaired) electrons. The molecule has 174 valence electrons. The number of hydrogen-bond acceptors (Lipinski definition) is 6. The summed E-state index contributed by atoms with van der Waals surface area (Å²) in [4.78, 5) is 24.2. The third kappa shape index (κ3) is 6.71. The van der Waals surface area contributed by atoms with Crippen molar-refractivity contribution in [2.75, 3.05) is 25.0 Å². The second-order valence-electron chi connectivity index (χ2n) is 6.26. The summed E-state index contributed by atoms with van der Waals surface area (Å²) in [6.07, 6.45) is 0. The molecule has 7 nitrogen and oxygen atoms in total. The molecule has 12 heteroatoms. The van der Waals surface area contributed by atoms with Crippen LogP contribution in [0.25, 0.3) is 0 Å². The first-order valence-corrected chi connectivity index (χ1v) is 11.7. The predicted octanol–water partition coefficient (Wildman–Crippen LogP) is 3.97. The van der Waals surface area contributed by atoms with Gasteiger partial charge in [-0.3, -0.25) is 4.79 Å². The fourth-order valence-electron chi connectivity index (χ4n) is 2.66. The Morgan fingerprint density at radius 1 is 1.09 bits per heavy atom. The summed E-state index contributed by atoms with van der Waals surface area (Å²) in [6, 6.07) is 8.31. The van der Waals surface area contributed by atoms with Crippen LogP contribution in [0, 0.1) is 5.82 Å². The highest BCUT2D eigenvalue weighted by molar-refractivity contribution is 7.99. The standard InChI is InChI=1S/C20H21F3N2O5S2/c1-3-25(4-2)32(28,29)15-9-10-17(21)16(11-15)19(27)30-12-18(26)24-13-5-7-14(8-6-13)31-20(22)23/h5-11,20H,3-4,12H2,1-2H3,(H,24,26). The van der Waals surface area contributed by atoms with E-state index in [0.717, 1.165) is 22.5 Å². The molecule has 1 amide bonds. The van der Waals surface area contributed by atoms with Gasteiger partial charge in [-0.25, -0.2) is 17.6 Å². The number of sulfonamides is 1. The van der Waals surface area contributed by atoms with Crippen molar-refractivity contribution in [1.29, 1.82) is 0 Å². The molecule has 0 saturated carbocycles. The van der Waals surface area contributed by atoms with Crippen LogP contribution in [0.3, 0.4) is 0 Å². The SMILES string of the molecule is CCN(CC)S(=O)(=O)c1ccc(F)c(C(=O)OCC(=O)Nc2ccc(SC(F)F)cc2)c1. The molecule has 0 aliphatic carbocycles. The third-order valence-electron chi connectivity index (χ3n) is 4.20. The van der Waals surface area contributed by atoms with Gasteiger partial charge in [0, 0.05) is 23.7 Å². The topological polar surface area (TPSA) is 92.8 Å². The summed E-state index contributed by atoms with van der Waals surface area (Å²) in [5.74, 6) is -5.53. The number of thioether (sulfide) groups is 1. The zero-order valence-electron chi connectivity index (χ0n) is 17.2. The lowest BCUT2D eigenvalue weighted by molar-refractivity contribution is -0.119. The second kappa shape index (κ2) is 11.3. The smallest absolute Gasteiger partial charge is 0.341 e. The lowest BCUT2D eigenvalue weighted by Gasteiger charge is -2.18. The zero-order chi connectivity index (χ0) is 23.9. The van der Waals surface area contributed by atoms with Gasteiger partial charge in [0.25, 0.3) is 11.7 Å². The van der Waals surface area contributed by atoms with Crippen molar-refractivity contribution < 1.29 is 35.9 Å². The number of hydrogen-bond donors (Lipinski definition) is 1. The summed E-state index contributed by atoms with van der Waals surface area (Å²) in [5, 5.41) is 2.40. The summed E-state index contributed by atoms with van der Waals surface area (Å²) in [6.45, 7) is 2.90. The number of alkyl halides is 2. The number of ether oxygens (including phenoxy) is 1. The van der Waals surface area contributed by atoms with Gasteiger partial charge in [0.05, 0.1) is 10.5 Å². The fourth-order valence-corrected chi connectivity index (χ4v) is 4.64. The summed E-state index contributed by atoms with van der Waals surface area (Å²) >= 11 is 0.350. The third-order valence-corrected chi connectivity index (χ3v) is 6.97. The molecule has 0 heterocycles. The first kappa shape index (κ1) is 25.7. The number of anilines is 1. The number of nitrogens with one attached hydrogen (secondary N) is 1. The van der Waals surface area contributed by atoms with Gasteiger partial charge < -0.3 is 10.1 Å². The molecule has 2 aromatic rings. The largest absolute Gasteiger partial charge is 0.452 e. The monoisotopic (exact) mass is 490 g/mol. The summed E-state index contributed by atoms with van der Waals surface area (Å²) in [7, 11) is -3.93. The highest BCUT2D eigenvalue weighted by Gasteiger charge is 2.25. The molecule has 0 aromatic heterocycles. The Balaban J connectivity index is 2.04. The molecule has 0 fully saturated rings. The van der Waals surface area contributed by atoms with Crippen LogP contribution in [0.2, 0.25) is 0 Å². The van der Waals surface area contributed by atoms with Crippen molar-refractivity contribution >= 4 is 39.3 Å². The highest BCUT2D eigenvalue weighted by atomic mass is 32.2. The summed E-state index contributed by atoms with van der Waals surface area (Å²) in [5.41, 5.74) is -0.345. The molecular formula is C20H21F3N2O5S2. The second-order valence-corrected chi connectivity index (χ2v) is 9.26. The fraction of sp³-hybridized carbons (Fsp3) is 0.300. The average Bonchev–Trinajstić information content (AvgIpc) is 2.74. The zero-order valence-corrected chi connectivity index (χ0v) is 18.8. The Bertz CT molecular complexity index is 1060. The van der Waals surface area contributed by atoms with Crippen LogP contribution in [0.1, 0.15) is 24.2 Å². The molecule has 0 saturated heterocycles. The van der Waals surface area contributed by atoms with E-state index in [4.69, 9.17) is 4.74 Å². The molecule has 0 atom stereocenters. The molecule has 1 N–H and O–H groups in total. The van der Waals surface area contributed by atoms with E-state index in [0.29, 0.717) is 16.7 Å². The summed E-state index contributed by atoms with van der Waals surface area (Å²) < 4.78 is 69.9. The first-order valence-electron chi connectivity index (χ1n) is 9.40. The van der Waals surface area contributed by atoms with Gasteiger partial charge in [-0.1, -0.05) is 25.6 Å². The van der Waals surface area contributed by atoms with Crippen molar-refractivity contribution in [3.8, 4) is 0 Å². The van der Waals surface area contributed by atoms with Crippen molar-refractivity contribution in [1.82, 2.24) is 4.31 Å². The maximum absolute atomic E-state index is 14.1. The van der Waals surface area contributed by atoms with Crippen molar-refractivity contribution in [3.05, 3.63) is 53.8 Å². The molecular weight excluding hydrogens is 469 g/mol. The Labute approximate surface area is 188 Å². The maximum atomic E-state index is 14.1. The molecule has 0 aliphatic heterocycles. The number of carbonyl (C=O) groups excluding carboxylic acids is 2. The van der Waals surface area contributed by atoms with Crippen LogP contribution >= 0.6 is 11.8 Å². The Kier molecular flexibility index (Phi) is 9.10. The molecule has 32 heavy (non-hydrogen) atoms. The number of benzene rings is 2. The van der Waals surface area contributed by atoms with Gasteiger partial charge >= 0.3 is 5.97 Å². The molecule has 2 rings (SSSR count). The van der Waals surface area contributed by atoms with E-state index in [-0.39, 0.29) is 23.7 Å². The highest BCUT2D eigenvalue weighted by Crippen LogP contribution is 2.26. The van der Waals surface area contributed by atoms with Gasteiger partial charge in [-0.15, -0.1) is 0 Å². The van der Waals surface area contributed by atoms with Gasteiger partial charge in [-0.2, -0.15) is 13.1 Å². The van der Waals surface area contributed by atoms with Crippen LogP contribution in [-0.2, 0) is 19.6 Å². The van der Waals surface area contributed by atoms with Gasteiger partial charge in [0.1, 0.15) is 5.82 Å². The number of esters is 1. The van der Waals surface area contributed by atoms with E-state index >= 15 is 0 Å². The van der Waals surface area contributed by atoms with E-state index in [1.54, 1.807) is 13.8 Å². The average molecular weight is 491 g/mol. The number of halogens is 3. The van der Waals surface area contributed by atoms with Crippen LogP contribution in [0.15, 0.2) is 52.3 Å². The van der Waals surface area contributed by atoms with E-state index < -0.39 is 45.6 Å². The number of carbonyl (C=O) groups is 2. The van der Waals surface area contributed by atoms with E-state index in [2.05, 4.69) is 5.32 Å². The van der Waals surface area contributed by atoms with E-state index in [1.165, 1.54) is 24.3 Å². The lowest BCUT2D eigenvalue weighted by Crippen LogP contribution is -2.30. The van der Waals surface area contributed by atoms with Crippen LogP contribution in [0.4, 0.5) is 18.9 Å². The van der Waals surface area contributed by atoms with Gasteiger partial charge in [0.15, 0.2) is 6.61 Å². The number of amides is 1. The Morgan fingerprint density at radius 3 is 2.28 bits per heavy atom. The first-order chi connectivity index (χ1) is 15.1. The molecule has 2 aromatic carbocycles. The van der Waals surface area contributed by atoms with Crippen LogP contribution in [0.5, 0.6) is 0 Å². The number of rotatable bonds is 10. The molecule has 0 bridgehead atoms. The van der Waals surface area contributed by atoms with Gasteiger partial charge in [0.2, 0.25) is 10.0 Å². The van der Waals surface area contributed by atoms with Crippen LogP contribution < -0.4 is 5.32 Å². The Morgan fingerprint density at radius 2 is 1.72 bits per heavy atom. The minimum Gasteiger partial charge on any atom is -0.452 e. The quantitative estimate of drug-likeness (QED) is 0.400. The predicted molar refractivity (Wildman–Crippen MR) is 114 cm³/mol. The number of nitrogens with zero attached hydrogens (tertiary/aromatic N) is 1. The van der Waals surface area contributed by atoms with E-state index in [1.807, 2.05) is 0 Å². The normalized spacial score (nSPS) is 11.6. The molecule has 0 unspecified atom stereocenters. The Hall–Kier alpha value is -2.57.